The minimum absolute atomic E-state index is 0.0176. The van der Waals surface area contributed by atoms with Crippen molar-refractivity contribution in [3.05, 3.63) is 81.2 Å². The van der Waals surface area contributed by atoms with Crippen LogP contribution >= 0.6 is 22.6 Å². The third kappa shape index (κ3) is 5.46. The van der Waals surface area contributed by atoms with Crippen LogP contribution in [0.25, 0.3) is 11.7 Å². The molecule has 2 aromatic heterocycles. The molecule has 40 heavy (non-hydrogen) atoms. The lowest BCUT2D eigenvalue weighted by Crippen LogP contribution is -2.46. The number of nitrogens with one attached hydrogen (secondary N) is 5. The minimum Gasteiger partial charge on any atom is -0.340 e. The molecule has 0 spiro atoms. The van der Waals surface area contributed by atoms with Gasteiger partial charge >= 0.3 is 6.03 Å². The van der Waals surface area contributed by atoms with E-state index in [9.17, 15) is 14.4 Å². The topological polar surface area (TPSA) is 145 Å². The summed E-state index contributed by atoms with van der Waals surface area (Å²) in [4.78, 5) is 43.4. The first-order valence-corrected chi connectivity index (χ1v) is 13.6. The van der Waals surface area contributed by atoms with Gasteiger partial charge in [0.15, 0.2) is 5.65 Å². The van der Waals surface area contributed by atoms with E-state index < -0.39 is 11.9 Å². The molecule has 2 aromatic carbocycles. The van der Waals surface area contributed by atoms with Gasteiger partial charge in [-0.1, -0.05) is 12.1 Å². The number of hydrogen-bond acceptors (Lipinski definition) is 8. The maximum Gasteiger partial charge on any atom is 0.326 e. The number of rotatable bonds is 6. The largest absolute Gasteiger partial charge is 0.340 e. The molecule has 13 heteroatoms. The van der Waals surface area contributed by atoms with Crippen molar-refractivity contribution in [3.63, 3.8) is 0 Å². The molecule has 0 radical (unpaired) electrons. The number of carbonyl (C=O) groups excluding carboxylic acids is 3. The monoisotopic (exact) mass is 649 g/mol. The Morgan fingerprint density at radius 1 is 0.975 bits per heavy atom. The molecule has 4 aromatic rings. The first-order valence-electron chi connectivity index (χ1n) is 12.6. The van der Waals surface area contributed by atoms with Crippen molar-refractivity contribution in [2.45, 2.75) is 0 Å². The Kier molecular flexibility index (Phi) is 7.04. The maximum absolute atomic E-state index is 13.1. The van der Waals surface area contributed by atoms with Crippen LogP contribution in [0.1, 0.15) is 15.9 Å². The summed E-state index contributed by atoms with van der Waals surface area (Å²) in [7, 11) is 0. The normalized spacial score (nSPS) is 16.2. The minimum atomic E-state index is -0.584. The molecule has 0 atom stereocenters. The number of benzene rings is 2. The lowest BCUT2D eigenvalue weighted by molar-refractivity contribution is -0.115. The van der Waals surface area contributed by atoms with E-state index in [-0.39, 0.29) is 11.6 Å². The number of amides is 4. The van der Waals surface area contributed by atoms with Gasteiger partial charge in [-0.25, -0.2) is 9.78 Å². The second-order valence-corrected chi connectivity index (χ2v) is 10.5. The number of carbonyl (C=O) groups is 3. The molecule has 0 bridgehead atoms. The van der Waals surface area contributed by atoms with Crippen molar-refractivity contribution in [1.82, 2.24) is 35.4 Å². The molecule has 0 unspecified atom stereocenters. The molecule has 2 fully saturated rings. The summed E-state index contributed by atoms with van der Waals surface area (Å²) in [6.45, 7) is 2.88. The van der Waals surface area contributed by atoms with Crippen LogP contribution in [0.15, 0.2) is 66.5 Å². The number of anilines is 4. The second kappa shape index (κ2) is 10.9. The molecular formula is C27H24IN9O3. The van der Waals surface area contributed by atoms with Gasteiger partial charge in [-0.2, -0.15) is 9.61 Å². The predicted octanol–water partition coefficient (Wildman–Crippen LogP) is 3.05. The van der Waals surface area contributed by atoms with Crippen LogP contribution in [-0.2, 0) is 4.79 Å². The summed E-state index contributed by atoms with van der Waals surface area (Å²) in [6, 6.07) is 16.4. The highest BCUT2D eigenvalue weighted by molar-refractivity contribution is 14.1. The number of imide groups is 1. The van der Waals surface area contributed by atoms with E-state index in [0.29, 0.717) is 47.2 Å². The molecule has 2 saturated heterocycles. The number of nitrogens with zero attached hydrogens (tertiary/aromatic N) is 4. The van der Waals surface area contributed by atoms with E-state index >= 15 is 0 Å². The van der Waals surface area contributed by atoms with E-state index in [1.165, 1.54) is 6.08 Å². The van der Waals surface area contributed by atoms with Gasteiger partial charge in [0, 0.05) is 58.3 Å². The lowest BCUT2D eigenvalue weighted by atomic mass is 10.1. The fourth-order valence-corrected chi connectivity index (χ4v) is 5.06. The first-order chi connectivity index (χ1) is 19.4. The average molecular weight is 649 g/mol. The van der Waals surface area contributed by atoms with Crippen molar-refractivity contribution in [2.75, 3.05) is 36.8 Å². The number of fused-ring (bicyclic) bond motifs is 1. The van der Waals surface area contributed by atoms with Crippen LogP contribution in [0.3, 0.4) is 0 Å². The summed E-state index contributed by atoms with van der Waals surface area (Å²) in [5.74, 6) is 0.567. The van der Waals surface area contributed by atoms with Crippen LogP contribution in [0.2, 0.25) is 0 Å². The zero-order chi connectivity index (χ0) is 27.6. The van der Waals surface area contributed by atoms with E-state index in [2.05, 4.69) is 54.3 Å². The van der Waals surface area contributed by atoms with Gasteiger partial charge < -0.3 is 26.2 Å². The highest BCUT2D eigenvalue weighted by Crippen LogP contribution is 2.27. The van der Waals surface area contributed by atoms with Crippen LogP contribution in [0, 0.1) is 3.57 Å². The van der Waals surface area contributed by atoms with Gasteiger partial charge in [-0.05, 0) is 65.1 Å². The zero-order valence-electron chi connectivity index (χ0n) is 21.1. The van der Waals surface area contributed by atoms with Crippen LogP contribution in [-0.4, -0.2) is 63.5 Å². The molecule has 2 aliphatic rings. The summed E-state index contributed by atoms with van der Waals surface area (Å²) in [6.07, 6.45) is 3.10. The SMILES string of the molecule is O=C1NC(=O)/C(=C/c2cnn3c(Nc4cccc(C(=O)N5CCNCC5)c4)cc(Nc4cccc(I)c4)nc23)N1. The standard InChI is InChI=1S/C27H24IN9O3/c28-18-4-2-6-20(13-18)31-22-14-23(32-19-5-1-3-16(11-19)26(39)36-9-7-29-8-10-36)37-24(34-22)17(15-30-37)12-21-25(38)35-27(40)33-21/h1-6,11-15,29,32H,7-10H2,(H,31,34)(H2,33,35,38,40)/b21-12-. The zero-order valence-corrected chi connectivity index (χ0v) is 23.2. The van der Waals surface area contributed by atoms with Crippen molar-refractivity contribution in [3.8, 4) is 0 Å². The average Bonchev–Trinajstić information content (AvgIpc) is 3.50. The molecule has 5 N–H and O–H groups in total. The molecule has 6 rings (SSSR count). The first kappa shape index (κ1) is 25.8. The second-order valence-electron chi connectivity index (χ2n) is 9.21. The highest BCUT2D eigenvalue weighted by atomic mass is 127. The van der Waals surface area contributed by atoms with Crippen molar-refractivity contribution >= 4 is 75.2 Å². The Balaban J connectivity index is 1.37. The van der Waals surface area contributed by atoms with Gasteiger partial charge in [0.2, 0.25) is 0 Å². The molecule has 0 aliphatic carbocycles. The van der Waals surface area contributed by atoms with E-state index in [1.807, 2.05) is 53.4 Å². The summed E-state index contributed by atoms with van der Waals surface area (Å²) >= 11 is 2.24. The maximum atomic E-state index is 13.1. The van der Waals surface area contributed by atoms with Crippen LogP contribution < -0.4 is 26.6 Å². The summed E-state index contributed by atoms with van der Waals surface area (Å²) in [5.41, 5.74) is 3.22. The molecule has 4 amide bonds. The smallest absolute Gasteiger partial charge is 0.326 e. The van der Waals surface area contributed by atoms with E-state index in [0.717, 1.165) is 22.3 Å². The molecule has 12 nitrogen and oxygen atoms in total. The third-order valence-electron chi connectivity index (χ3n) is 6.40. The fraction of sp³-hybridized carbons (Fsp3) is 0.148. The fourth-order valence-electron chi connectivity index (χ4n) is 4.52. The van der Waals surface area contributed by atoms with Crippen molar-refractivity contribution < 1.29 is 14.4 Å². The van der Waals surface area contributed by atoms with Crippen LogP contribution in [0.4, 0.5) is 27.8 Å². The number of aromatic nitrogens is 3. The molecular weight excluding hydrogens is 625 g/mol. The quantitative estimate of drug-likeness (QED) is 0.122. The third-order valence-corrected chi connectivity index (χ3v) is 7.07. The van der Waals surface area contributed by atoms with E-state index in [1.54, 1.807) is 16.8 Å². The molecule has 2 aliphatic heterocycles. The van der Waals surface area contributed by atoms with Gasteiger partial charge in [0.25, 0.3) is 11.8 Å². The Morgan fingerprint density at radius 3 is 2.50 bits per heavy atom. The van der Waals surface area contributed by atoms with Gasteiger partial charge in [0.05, 0.1) is 6.20 Å². The molecule has 4 heterocycles. The van der Waals surface area contributed by atoms with Gasteiger partial charge in [0.1, 0.15) is 17.3 Å². The Bertz CT molecular complexity index is 1680. The van der Waals surface area contributed by atoms with Crippen molar-refractivity contribution in [2.24, 2.45) is 0 Å². The van der Waals surface area contributed by atoms with Gasteiger partial charge in [-0.15, -0.1) is 0 Å². The van der Waals surface area contributed by atoms with E-state index in [4.69, 9.17) is 4.98 Å². The molecule has 202 valence electrons. The Morgan fingerprint density at radius 2 is 1.75 bits per heavy atom. The Hall–Kier alpha value is -4.50. The Labute approximate surface area is 242 Å². The highest BCUT2D eigenvalue weighted by Gasteiger charge is 2.24. The van der Waals surface area contributed by atoms with Gasteiger partial charge in [-0.3, -0.25) is 14.9 Å². The predicted molar refractivity (Wildman–Crippen MR) is 159 cm³/mol. The number of halogens is 1. The number of hydrogen-bond donors (Lipinski definition) is 5. The summed E-state index contributed by atoms with van der Waals surface area (Å²) in [5, 5.41) is 19.1. The van der Waals surface area contributed by atoms with Crippen LogP contribution in [0.5, 0.6) is 0 Å². The molecule has 0 saturated carbocycles. The van der Waals surface area contributed by atoms with Crippen molar-refractivity contribution in [1.29, 1.82) is 0 Å². The summed E-state index contributed by atoms with van der Waals surface area (Å²) < 4.78 is 2.66. The number of piperazine rings is 1. The lowest BCUT2D eigenvalue weighted by Gasteiger charge is -2.27. The number of urea groups is 1.